The number of carbonyl (C=O) groups excluding carboxylic acids is 1. The van der Waals surface area contributed by atoms with Crippen LogP contribution in [0.25, 0.3) is 11.4 Å². The molecule has 0 bridgehead atoms. The third-order valence-electron chi connectivity index (χ3n) is 2.94. The number of ether oxygens (including phenoxy) is 1. The Bertz CT molecular complexity index is 641. The minimum absolute atomic E-state index is 0.0305. The number of methoxy groups -OCH3 is 1. The van der Waals surface area contributed by atoms with Gasteiger partial charge in [-0.05, 0) is 23.1 Å². The molecule has 2 aromatic rings. The van der Waals surface area contributed by atoms with Crippen molar-refractivity contribution in [2.24, 2.45) is 5.73 Å². The molecule has 0 saturated heterocycles. The van der Waals surface area contributed by atoms with E-state index in [0.29, 0.717) is 11.3 Å². The van der Waals surface area contributed by atoms with Gasteiger partial charge in [0.05, 0.1) is 12.7 Å². The van der Waals surface area contributed by atoms with E-state index >= 15 is 0 Å². The third-order valence-corrected chi connectivity index (χ3v) is 2.94. The van der Waals surface area contributed by atoms with Crippen molar-refractivity contribution in [3.63, 3.8) is 0 Å². The highest BCUT2D eigenvalue weighted by Crippen LogP contribution is 2.33. The smallest absolute Gasteiger partial charge is 0.316 e. The molecule has 1 amide bonds. The predicted molar refractivity (Wildman–Crippen MR) is 73.5 cm³/mol. The zero-order chi connectivity index (χ0) is 14.9. The Morgan fingerprint density at radius 2 is 2.05 bits per heavy atom. The van der Waals surface area contributed by atoms with Gasteiger partial charge in [-0.3, -0.25) is 4.79 Å². The van der Waals surface area contributed by atoms with Crippen LogP contribution in [0.2, 0.25) is 0 Å². The molecule has 2 N–H and O–H groups in total. The second kappa shape index (κ2) is 4.96. The van der Waals surface area contributed by atoms with Crippen LogP contribution in [-0.2, 0) is 5.41 Å². The largest absolute Gasteiger partial charge is 0.496 e. The lowest BCUT2D eigenvalue weighted by molar-refractivity contribution is 0.0958. The zero-order valence-corrected chi connectivity index (χ0v) is 11.9. The Morgan fingerprint density at radius 1 is 1.35 bits per heavy atom. The minimum atomic E-state index is -0.755. The minimum Gasteiger partial charge on any atom is -0.496 e. The van der Waals surface area contributed by atoms with E-state index < -0.39 is 5.91 Å². The Kier molecular flexibility index (Phi) is 3.48. The van der Waals surface area contributed by atoms with Crippen molar-refractivity contribution >= 4 is 5.91 Å². The summed E-state index contributed by atoms with van der Waals surface area (Å²) in [4.78, 5) is 15.0. The van der Waals surface area contributed by atoms with Gasteiger partial charge in [0.25, 0.3) is 0 Å². The number of nitrogens with two attached hydrogens (primary N) is 1. The Hall–Kier alpha value is -2.37. The molecular formula is C14H17N3O3. The lowest BCUT2D eigenvalue weighted by atomic mass is 9.86. The number of aromatic nitrogens is 2. The molecule has 2 rings (SSSR count). The topological polar surface area (TPSA) is 91.2 Å². The van der Waals surface area contributed by atoms with Crippen LogP contribution in [0.3, 0.4) is 0 Å². The molecule has 1 heterocycles. The first-order chi connectivity index (χ1) is 9.32. The molecule has 0 aliphatic carbocycles. The number of hydrogen-bond acceptors (Lipinski definition) is 5. The highest BCUT2D eigenvalue weighted by atomic mass is 16.5. The van der Waals surface area contributed by atoms with Crippen LogP contribution < -0.4 is 10.5 Å². The lowest BCUT2D eigenvalue weighted by Gasteiger charge is -2.20. The van der Waals surface area contributed by atoms with Gasteiger partial charge in [-0.2, -0.15) is 4.98 Å². The number of benzene rings is 1. The molecule has 0 aliphatic heterocycles. The quantitative estimate of drug-likeness (QED) is 0.926. The zero-order valence-electron chi connectivity index (χ0n) is 11.9. The van der Waals surface area contributed by atoms with Gasteiger partial charge in [0, 0.05) is 0 Å². The third kappa shape index (κ3) is 2.64. The van der Waals surface area contributed by atoms with E-state index in [1.807, 2.05) is 18.2 Å². The molecule has 106 valence electrons. The number of nitrogens with zero attached hydrogens (tertiary/aromatic N) is 2. The van der Waals surface area contributed by atoms with E-state index in [1.54, 1.807) is 7.11 Å². The number of hydrogen-bond donors (Lipinski definition) is 1. The van der Waals surface area contributed by atoms with Crippen LogP contribution in [0.4, 0.5) is 0 Å². The number of carbonyl (C=O) groups is 1. The molecule has 20 heavy (non-hydrogen) atoms. The normalized spacial score (nSPS) is 11.4. The van der Waals surface area contributed by atoms with Crippen molar-refractivity contribution in [1.82, 2.24) is 10.1 Å². The summed E-state index contributed by atoms with van der Waals surface area (Å²) < 4.78 is 10.1. The maximum Gasteiger partial charge on any atom is 0.316 e. The molecule has 0 fully saturated rings. The second-order valence-electron chi connectivity index (χ2n) is 5.45. The fourth-order valence-electron chi connectivity index (χ4n) is 1.78. The summed E-state index contributed by atoms with van der Waals surface area (Å²) in [5.41, 5.74) is 6.84. The van der Waals surface area contributed by atoms with Crippen molar-refractivity contribution in [2.75, 3.05) is 7.11 Å². The van der Waals surface area contributed by atoms with Gasteiger partial charge < -0.3 is 15.0 Å². The van der Waals surface area contributed by atoms with E-state index in [-0.39, 0.29) is 17.1 Å². The van der Waals surface area contributed by atoms with Crippen LogP contribution in [0, 0.1) is 0 Å². The molecule has 0 atom stereocenters. The van der Waals surface area contributed by atoms with Crippen molar-refractivity contribution in [3.05, 3.63) is 29.7 Å². The SMILES string of the molecule is COc1ccc(C(C)(C)C)cc1-c1noc(C(N)=O)n1. The molecule has 6 nitrogen and oxygen atoms in total. The van der Waals surface area contributed by atoms with Gasteiger partial charge in [0.2, 0.25) is 5.82 Å². The monoisotopic (exact) mass is 275 g/mol. The van der Waals surface area contributed by atoms with Crippen molar-refractivity contribution in [1.29, 1.82) is 0 Å². The Balaban J connectivity index is 2.55. The van der Waals surface area contributed by atoms with Crippen LogP contribution in [0.1, 0.15) is 37.0 Å². The molecule has 1 aromatic heterocycles. The summed E-state index contributed by atoms with van der Waals surface area (Å²) in [6.45, 7) is 6.30. The van der Waals surface area contributed by atoms with E-state index in [4.69, 9.17) is 15.0 Å². The van der Waals surface area contributed by atoms with Gasteiger partial charge in [0.15, 0.2) is 0 Å². The van der Waals surface area contributed by atoms with Gasteiger partial charge in [-0.15, -0.1) is 0 Å². The summed E-state index contributed by atoms with van der Waals surface area (Å²) in [5.74, 6) is -0.0884. The van der Waals surface area contributed by atoms with Crippen molar-refractivity contribution < 1.29 is 14.1 Å². The van der Waals surface area contributed by atoms with E-state index in [9.17, 15) is 4.79 Å². The Labute approximate surface area is 116 Å². The maximum absolute atomic E-state index is 11.0. The van der Waals surface area contributed by atoms with Crippen LogP contribution in [0.5, 0.6) is 5.75 Å². The molecule has 6 heteroatoms. The number of primary amides is 1. The van der Waals surface area contributed by atoms with Crippen LogP contribution in [-0.4, -0.2) is 23.2 Å². The predicted octanol–water partition coefficient (Wildman–Crippen LogP) is 2.14. The highest BCUT2D eigenvalue weighted by molar-refractivity contribution is 5.88. The maximum atomic E-state index is 11.0. The fourth-order valence-corrected chi connectivity index (χ4v) is 1.78. The molecule has 0 saturated carbocycles. The van der Waals surface area contributed by atoms with Crippen LogP contribution in [0.15, 0.2) is 22.7 Å². The molecule has 0 radical (unpaired) electrons. The fraction of sp³-hybridized carbons (Fsp3) is 0.357. The summed E-state index contributed by atoms with van der Waals surface area (Å²) in [6, 6.07) is 5.75. The van der Waals surface area contributed by atoms with Crippen molar-refractivity contribution in [3.8, 4) is 17.1 Å². The standard InChI is InChI=1S/C14H17N3O3/c1-14(2,3)8-5-6-10(19-4)9(7-8)12-16-13(11(15)18)20-17-12/h5-7H,1-4H3,(H2,15,18). The molecule has 0 aliphatic rings. The van der Waals surface area contributed by atoms with Gasteiger partial charge in [0.1, 0.15) is 5.75 Å². The van der Waals surface area contributed by atoms with Gasteiger partial charge >= 0.3 is 11.8 Å². The second-order valence-corrected chi connectivity index (χ2v) is 5.45. The molecule has 0 spiro atoms. The lowest BCUT2D eigenvalue weighted by Crippen LogP contribution is -2.12. The summed E-state index contributed by atoms with van der Waals surface area (Å²) in [7, 11) is 1.56. The number of amides is 1. The van der Waals surface area contributed by atoms with Crippen LogP contribution >= 0.6 is 0 Å². The van der Waals surface area contributed by atoms with Gasteiger partial charge in [-0.1, -0.05) is 32.0 Å². The van der Waals surface area contributed by atoms with Gasteiger partial charge in [-0.25, -0.2) is 0 Å². The first kappa shape index (κ1) is 14.0. The molecule has 0 unspecified atom stereocenters. The van der Waals surface area contributed by atoms with E-state index in [1.165, 1.54) is 0 Å². The Morgan fingerprint density at radius 3 is 2.55 bits per heavy atom. The summed E-state index contributed by atoms with van der Waals surface area (Å²) in [6.07, 6.45) is 0. The molecular weight excluding hydrogens is 258 g/mol. The first-order valence-electron chi connectivity index (χ1n) is 6.15. The van der Waals surface area contributed by atoms with E-state index in [2.05, 4.69) is 30.9 Å². The number of rotatable bonds is 3. The average Bonchev–Trinajstić information content (AvgIpc) is 2.86. The molecule has 1 aromatic carbocycles. The highest BCUT2D eigenvalue weighted by Gasteiger charge is 2.20. The first-order valence-corrected chi connectivity index (χ1v) is 6.15. The van der Waals surface area contributed by atoms with E-state index in [0.717, 1.165) is 5.56 Å². The average molecular weight is 275 g/mol. The van der Waals surface area contributed by atoms with Crippen molar-refractivity contribution in [2.45, 2.75) is 26.2 Å². The summed E-state index contributed by atoms with van der Waals surface area (Å²) in [5, 5.41) is 3.77. The summed E-state index contributed by atoms with van der Waals surface area (Å²) >= 11 is 0.